The molecular formula is C14H17ClF4N2O. The lowest BCUT2D eigenvalue weighted by molar-refractivity contribution is 0.0661. The van der Waals surface area contributed by atoms with E-state index in [1.54, 1.807) is 7.05 Å². The number of hydrogen-bond acceptors (Lipinski definition) is 2. The SMILES string of the molecule is CNCC1CCCN(C(=O)c2c(F)c(F)cc(F)c2F)C1.Cl. The van der Waals surface area contributed by atoms with E-state index >= 15 is 0 Å². The molecule has 1 N–H and O–H groups in total. The third kappa shape index (κ3) is 3.70. The van der Waals surface area contributed by atoms with E-state index in [0.717, 1.165) is 6.42 Å². The molecule has 1 heterocycles. The van der Waals surface area contributed by atoms with E-state index < -0.39 is 34.7 Å². The van der Waals surface area contributed by atoms with Gasteiger partial charge in [-0.25, -0.2) is 17.6 Å². The second-order valence-electron chi connectivity index (χ2n) is 5.16. The second-order valence-corrected chi connectivity index (χ2v) is 5.16. The monoisotopic (exact) mass is 340 g/mol. The van der Waals surface area contributed by atoms with Gasteiger partial charge in [-0.2, -0.15) is 0 Å². The van der Waals surface area contributed by atoms with Crippen LogP contribution in [0, 0.1) is 29.2 Å². The fraction of sp³-hybridized carbons (Fsp3) is 0.500. The van der Waals surface area contributed by atoms with Crippen LogP contribution in [0.4, 0.5) is 17.6 Å². The molecule has 0 aliphatic carbocycles. The van der Waals surface area contributed by atoms with Crippen molar-refractivity contribution < 1.29 is 22.4 Å². The number of likely N-dealkylation sites (tertiary alicyclic amines) is 1. The molecule has 1 saturated heterocycles. The van der Waals surface area contributed by atoms with Crippen LogP contribution in [0.15, 0.2) is 6.07 Å². The Hall–Kier alpha value is -1.34. The quantitative estimate of drug-likeness (QED) is 0.678. The molecule has 3 nitrogen and oxygen atoms in total. The molecule has 22 heavy (non-hydrogen) atoms. The van der Waals surface area contributed by atoms with Gasteiger partial charge in [-0.3, -0.25) is 4.79 Å². The van der Waals surface area contributed by atoms with E-state index in [0.29, 0.717) is 26.1 Å². The smallest absolute Gasteiger partial charge is 0.260 e. The number of rotatable bonds is 3. The summed E-state index contributed by atoms with van der Waals surface area (Å²) in [6.45, 7) is 1.28. The minimum atomic E-state index is -1.64. The Morgan fingerprint density at radius 2 is 1.86 bits per heavy atom. The molecular weight excluding hydrogens is 324 g/mol. The highest BCUT2D eigenvalue weighted by molar-refractivity contribution is 5.95. The third-order valence-electron chi connectivity index (χ3n) is 3.62. The summed E-state index contributed by atoms with van der Waals surface area (Å²) in [6.07, 6.45) is 1.56. The highest BCUT2D eigenvalue weighted by Gasteiger charge is 2.31. The van der Waals surface area contributed by atoms with Gasteiger partial charge in [0.1, 0.15) is 5.56 Å². The van der Waals surface area contributed by atoms with E-state index in [9.17, 15) is 22.4 Å². The van der Waals surface area contributed by atoms with E-state index in [1.807, 2.05) is 0 Å². The minimum absolute atomic E-state index is 0. The summed E-state index contributed by atoms with van der Waals surface area (Å²) in [7, 11) is 1.77. The number of carbonyl (C=O) groups excluding carboxylic acids is 1. The lowest BCUT2D eigenvalue weighted by Crippen LogP contribution is -2.43. The van der Waals surface area contributed by atoms with Crippen LogP contribution in [-0.2, 0) is 0 Å². The van der Waals surface area contributed by atoms with E-state index in [1.165, 1.54) is 4.90 Å². The summed E-state index contributed by atoms with van der Waals surface area (Å²) in [5.41, 5.74) is -1.15. The lowest BCUT2D eigenvalue weighted by atomic mass is 9.97. The number of nitrogens with one attached hydrogen (secondary N) is 1. The zero-order chi connectivity index (χ0) is 15.6. The molecule has 0 radical (unpaired) electrons. The van der Waals surface area contributed by atoms with Gasteiger partial charge in [0, 0.05) is 19.2 Å². The maximum atomic E-state index is 13.7. The van der Waals surface area contributed by atoms with Crippen molar-refractivity contribution in [1.29, 1.82) is 0 Å². The van der Waals surface area contributed by atoms with Gasteiger partial charge in [0.05, 0.1) is 0 Å². The Kier molecular flexibility index (Phi) is 6.62. The second kappa shape index (κ2) is 7.78. The maximum Gasteiger partial charge on any atom is 0.260 e. The first-order valence-electron chi connectivity index (χ1n) is 6.72. The predicted octanol–water partition coefficient (Wildman–Crippen LogP) is 2.74. The van der Waals surface area contributed by atoms with Crippen LogP contribution < -0.4 is 5.32 Å². The zero-order valence-corrected chi connectivity index (χ0v) is 12.8. The van der Waals surface area contributed by atoms with Crippen molar-refractivity contribution in [3.05, 3.63) is 34.9 Å². The molecule has 0 spiro atoms. The Morgan fingerprint density at radius 3 is 2.41 bits per heavy atom. The van der Waals surface area contributed by atoms with Crippen LogP contribution in [0.5, 0.6) is 0 Å². The number of halogens is 5. The molecule has 1 atom stereocenters. The van der Waals surface area contributed by atoms with Crippen LogP contribution in [0.3, 0.4) is 0 Å². The molecule has 1 aromatic rings. The Bertz CT molecular complexity index is 528. The average molecular weight is 341 g/mol. The first kappa shape index (κ1) is 18.7. The zero-order valence-electron chi connectivity index (χ0n) is 12.0. The molecule has 1 aliphatic heterocycles. The average Bonchev–Trinajstić information content (AvgIpc) is 2.46. The third-order valence-corrected chi connectivity index (χ3v) is 3.62. The van der Waals surface area contributed by atoms with Crippen molar-refractivity contribution >= 4 is 18.3 Å². The summed E-state index contributed by atoms with van der Waals surface area (Å²) < 4.78 is 53.7. The molecule has 0 aromatic heterocycles. The summed E-state index contributed by atoms with van der Waals surface area (Å²) in [6, 6.07) is 0.0987. The lowest BCUT2D eigenvalue weighted by Gasteiger charge is -2.33. The maximum absolute atomic E-state index is 13.7. The summed E-state index contributed by atoms with van der Waals surface area (Å²) in [5, 5.41) is 2.97. The number of amides is 1. The molecule has 1 aliphatic rings. The topological polar surface area (TPSA) is 32.3 Å². The van der Waals surface area contributed by atoms with Crippen molar-refractivity contribution in [2.75, 3.05) is 26.7 Å². The van der Waals surface area contributed by atoms with E-state index in [-0.39, 0.29) is 24.4 Å². The van der Waals surface area contributed by atoms with Crippen molar-refractivity contribution in [3.63, 3.8) is 0 Å². The predicted molar refractivity (Wildman–Crippen MR) is 76.1 cm³/mol. The molecule has 1 amide bonds. The molecule has 1 fully saturated rings. The summed E-state index contributed by atoms with van der Waals surface area (Å²) in [4.78, 5) is 13.4. The van der Waals surface area contributed by atoms with Crippen LogP contribution >= 0.6 is 12.4 Å². The summed E-state index contributed by atoms with van der Waals surface area (Å²) in [5.74, 6) is -7.28. The number of nitrogens with zero attached hydrogens (tertiary/aromatic N) is 1. The largest absolute Gasteiger partial charge is 0.338 e. The Labute approximate surface area is 132 Å². The van der Waals surface area contributed by atoms with Gasteiger partial charge in [0.25, 0.3) is 5.91 Å². The van der Waals surface area contributed by atoms with Crippen molar-refractivity contribution in [2.24, 2.45) is 5.92 Å². The number of benzene rings is 1. The van der Waals surface area contributed by atoms with Gasteiger partial charge in [-0.15, -0.1) is 12.4 Å². The van der Waals surface area contributed by atoms with Crippen LogP contribution in [0.1, 0.15) is 23.2 Å². The molecule has 124 valence electrons. The van der Waals surface area contributed by atoms with Crippen molar-refractivity contribution in [3.8, 4) is 0 Å². The Morgan fingerprint density at radius 1 is 1.27 bits per heavy atom. The van der Waals surface area contributed by atoms with Crippen LogP contribution in [-0.4, -0.2) is 37.5 Å². The van der Waals surface area contributed by atoms with Gasteiger partial charge >= 0.3 is 0 Å². The highest BCUT2D eigenvalue weighted by Crippen LogP contribution is 2.24. The standard InChI is InChI=1S/C14H16F4N2O.ClH/c1-19-6-8-3-2-4-20(7-8)14(21)11-12(17)9(15)5-10(16)13(11)18;/h5,8,19H,2-4,6-7H2,1H3;1H. The molecule has 8 heteroatoms. The Balaban J connectivity index is 0.00000242. The minimum Gasteiger partial charge on any atom is -0.338 e. The van der Waals surface area contributed by atoms with Gasteiger partial charge < -0.3 is 10.2 Å². The van der Waals surface area contributed by atoms with E-state index in [4.69, 9.17) is 0 Å². The fourth-order valence-electron chi connectivity index (χ4n) is 2.62. The normalized spacial score (nSPS) is 18.0. The van der Waals surface area contributed by atoms with Crippen LogP contribution in [0.2, 0.25) is 0 Å². The molecule has 1 unspecified atom stereocenters. The van der Waals surface area contributed by atoms with E-state index in [2.05, 4.69) is 5.32 Å². The van der Waals surface area contributed by atoms with Gasteiger partial charge in [0.15, 0.2) is 23.3 Å². The summed E-state index contributed by atoms with van der Waals surface area (Å²) >= 11 is 0. The van der Waals surface area contributed by atoms with Crippen LogP contribution in [0.25, 0.3) is 0 Å². The van der Waals surface area contributed by atoms with Gasteiger partial charge in [-0.1, -0.05) is 0 Å². The van der Waals surface area contributed by atoms with Gasteiger partial charge in [-0.05, 0) is 32.4 Å². The number of carbonyl (C=O) groups is 1. The first-order valence-corrected chi connectivity index (χ1v) is 6.72. The van der Waals surface area contributed by atoms with Gasteiger partial charge in [0.2, 0.25) is 0 Å². The number of piperidine rings is 1. The van der Waals surface area contributed by atoms with Crippen molar-refractivity contribution in [1.82, 2.24) is 10.2 Å². The van der Waals surface area contributed by atoms with Crippen molar-refractivity contribution in [2.45, 2.75) is 12.8 Å². The highest BCUT2D eigenvalue weighted by atomic mass is 35.5. The fourth-order valence-corrected chi connectivity index (χ4v) is 2.62. The molecule has 1 aromatic carbocycles. The molecule has 0 bridgehead atoms. The number of hydrogen-bond donors (Lipinski definition) is 1. The molecule has 0 saturated carbocycles. The first-order chi connectivity index (χ1) is 9.95. The molecule has 2 rings (SSSR count).